The van der Waals surface area contributed by atoms with Crippen molar-refractivity contribution in [1.82, 2.24) is 10.1 Å². The Labute approximate surface area is 125 Å². The van der Waals surface area contributed by atoms with E-state index in [2.05, 4.69) is 35.3 Å². The molecule has 2 atom stereocenters. The Morgan fingerprint density at radius 2 is 2.05 bits per heavy atom. The molecule has 1 aliphatic carbocycles. The summed E-state index contributed by atoms with van der Waals surface area (Å²) in [4.78, 5) is 4.64. The predicted molar refractivity (Wildman–Crippen MR) is 82.0 cm³/mol. The van der Waals surface area contributed by atoms with Gasteiger partial charge in [-0.2, -0.15) is 4.98 Å². The molecule has 1 fully saturated rings. The highest BCUT2D eigenvalue weighted by atomic mass is 16.5. The van der Waals surface area contributed by atoms with Crippen LogP contribution in [0.4, 0.5) is 0 Å². The summed E-state index contributed by atoms with van der Waals surface area (Å²) in [5.74, 6) is 2.40. The number of aromatic nitrogens is 2. The minimum absolute atomic E-state index is 0.349. The van der Waals surface area contributed by atoms with Crippen LogP contribution in [0.25, 0.3) is 0 Å². The fraction of sp³-hybridized carbons (Fsp3) is 0.529. The standard InChI is InChI=1S/C17H23N3O/c1-12-6-2-3-7-13(12)10-16-19-17(21-20-16)15-9-5-4-8-14(15)11-18/h2-3,6-7,14-15H,4-5,8-11,18H2,1H3. The average Bonchev–Trinajstić information content (AvgIpc) is 2.98. The molecule has 4 nitrogen and oxygen atoms in total. The van der Waals surface area contributed by atoms with Crippen LogP contribution in [-0.2, 0) is 6.42 Å². The molecule has 2 N–H and O–H groups in total. The fourth-order valence-electron chi connectivity index (χ4n) is 3.28. The minimum atomic E-state index is 0.349. The molecule has 2 unspecified atom stereocenters. The Morgan fingerprint density at radius 3 is 2.86 bits per heavy atom. The summed E-state index contributed by atoms with van der Waals surface area (Å²) in [5.41, 5.74) is 8.41. The number of rotatable bonds is 4. The van der Waals surface area contributed by atoms with Gasteiger partial charge in [-0.1, -0.05) is 42.3 Å². The summed E-state index contributed by atoms with van der Waals surface area (Å²) in [5, 5.41) is 4.17. The molecule has 1 saturated carbocycles. The van der Waals surface area contributed by atoms with Gasteiger partial charge in [0, 0.05) is 12.3 Å². The first kappa shape index (κ1) is 14.3. The first-order valence-corrected chi connectivity index (χ1v) is 7.85. The number of hydrogen-bond acceptors (Lipinski definition) is 4. The number of benzene rings is 1. The lowest BCUT2D eigenvalue weighted by atomic mass is 9.79. The third-order valence-electron chi connectivity index (χ3n) is 4.62. The number of aryl methyl sites for hydroxylation is 1. The maximum absolute atomic E-state index is 5.89. The molecule has 21 heavy (non-hydrogen) atoms. The topological polar surface area (TPSA) is 64.9 Å². The highest BCUT2D eigenvalue weighted by Crippen LogP contribution is 2.36. The highest BCUT2D eigenvalue weighted by Gasteiger charge is 2.29. The molecule has 112 valence electrons. The van der Waals surface area contributed by atoms with Gasteiger partial charge in [0.15, 0.2) is 5.82 Å². The molecule has 0 spiro atoms. The van der Waals surface area contributed by atoms with Crippen LogP contribution in [0.5, 0.6) is 0 Å². The van der Waals surface area contributed by atoms with E-state index in [4.69, 9.17) is 10.3 Å². The zero-order valence-electron chi connectivity index (χ0n) is 12.6. The van der Waals surface area contributed by atoms with Crippen molar-refractivity contribution in [3.63, 3.8) is 0 Å². The number of nitrogens with two attached hydrogens (primary N) is 1. The summed E-state index contributed by atoms with van der Waals surface area (Å²) in [6.07, 6.45) is 5.53. The van der Waals surface area contributed by atoms with Gasteiger partial charge in [-0.3, -0.25) is 0 Å². The molecule has 0 amide bonds. The van der Waals surface area contributed by atoms with Crippen molar-refractivity contribution in [2.45, 2.75) is 44.9 Å². The summed E-state index contributed by atoms with van der Waals surface area (Å²) in [6.45, 7) is 2.82. The van der Waals surface area contributed by atoms with E-state index in [0.29, 0.717) is 18.4 Å². The molecule has 4 heteroatoms. The van der Waals surface area contributed by atoms with E-state index in [0.717, 1.165) is 24.6 Å². The Balaban J connectivity index is 1.75. The van der Waals surface area contributed by atoms with Crippen LogP contribution in [0.2, 0.25) is 0 Å². The van der Waals surface area contributed by atoms with E-state index in [9.17, 15) is 0 Å². The van der Waals surface area contributed by atoms with Crippen molar-refractivity contribution in [1.29, 1.82) is 0 Å². The highest BCUT2D eigenvalue weighted by molar-refractivity contribution is 5.28. The second kappa shape index (κ2) is 6.39. The van der Waals surface area contributed by atoms with Gasteiger partial charge >= 0.3 is 0 Å². The van der Waals surface area contributed by atoms with Crippen molar-refractivity contribution in [3.05, 3.63) is 47.1 Å². The lowest BCUT2D eigenvalue weighted by Gasteiger charge is -2.27. The summed E-state index contributed by atoms with van der Waals surface area (Å²) >= 11 is 0. The molecule has 1 aromatic carbocycles. The molecule has 0 bridgehead atoms. The first-order chi connectivity index (χ1) is 10.3. The third kappa shape index (κ3) is 3.16. The number of hydrogen-bond donors (Lipinski definition) is 1. The van der Waals surface area contributed by atoms with Gasteiger partial charge in [0.25, 0.3) is 0 Å². The van der Waals surface area contributed by atoms with Crippen LogP contribution in [0.3, 0.4) is 0 Å². The Kier molecular flexibility index (Phi) is 4.34. The van der Waals surface area contributed by atoms with Crippen LogP contribution in [0.1, 0.15) is 54.4 Å². The maximum Gasteiger partial charge on any atom is 0.230 e. The van der Waals surface area contributed by atoms with Crippen LogP contribution < -0.4 is 5.73 Å². The van der Waals surface area contributed by atoms with Gasteiger partial charge in [0.05, 0.1) is 0 Å². The molecule has 0 radical (unpaired) electrons. The molecular formula is C17H23N3O. The zero-order chi connectivity index (χ0) is 14.7. The van der Waals surface area contributed by atoms with Crippen LogP contribution in [0.15, 0.2) is 28.8 Å². The molecule has 0 saturated heterocycles. The van der Waals surface area contributed by atoms with E-state index < -0.39 is 0 Å². The normalized spacial score (nSPS) is 22.4. The van der Waals surface area contributed by atoms with Gasteiger partial charge < -0.3 is 10.3 Å². The summed E-state index contributed by atoms with van der Waals surface area (Å²) in [7, 11) is 0. The van der Waals surface area contributed by atoms with E-state index in [-0.39, 0.29) is 0 Å². The van der Waals surface area contributed by atoms with Gasteiger partial charge in [-0.15, -0.1) is 0 Å². The maximum atomic E-state index is 5.89. The first-order valence-electron chi connectivity index (χ1n) is 7.85. The summed E-state index contributed by atoms with van der Waals surface area (Å²) in [6, 6.07) is 8.33. The minimum Gasteiger partial charge on any atom is -0.339 e. The van der Waals surface area contributed by atoms with Crippen molar-refractivity contribution < 1.29 is 4.52 Å². The lowest BCUT2D eigenvalue weighted by molar-refractivity contribution is 0.249. The molecule has 1 aliphatic rings. The lowest BCUT2D eigenvalue weighted by Crippen LogP contribution is -2.25. The van der Waals surface area contributed by atoms with Crippen molar-refractivity contribution in [2.75, 3.05) is 6.54 Å². The second-order valence-electron chi connectivity index (χ2n) is 6.04. The van der Waals surface area contributed by atoms with E-state index in [1.807, 2.05) is 6.07 Å². The molecule has 2 aromatic rings. The van der Waals surface area contributed by atoms with E-state index in [1.54, 1.807) is 0 Å². The summed E-state index contributed by atoms with van der Waals surface area (Å²) < 4.78 is 5.53. The van der Waals surface area contributed by atoms with Gasteiger partial charge in [-0.05, 0) is 43.4 Å². The predicted octanol–water partition coefficient (Wildman–Crippen LogP) is 3.20. The Hall–Kier alpha value is -1.68. The second-order valence-corrected chi connectivity index (χ2v) is 6.04. The molecule has 1 aromatic heterocycles. The molecule has 3 rings (SSSR count). The van der Waals surface area contributed by atoms with Gasteiger partial charge in [0.1, 0.15) is 0 Å². The van der Waals surface area contributed by atoms with Crippen molar-refractivity contribution in [2.24, 2.45) is 11.7 Å². The largest absolute Gasteiger partial charge is 0.339 e. The average molecular weight is 285 g/mol. The Bertz CT molecular complexity index is 593. The number of nitrogens with zero attached hydrogens (tertiary/aromatic N) is 2. The van der Waals surface area contributed by atoms with Crippen LogP contribution in [0, 0.1) is 12.8 Å². The van der Waals surface area contributed by atoms with Gasteiger partial charge in [0.2, 0.25) is 5.89 Å². The smallest absolute Gasteiger partial charge is 0.230 e. The SMILES string of the molecule is Cc1ccccc1Cc1noc(C2CCCCC2CN)n1. The fourth-order valence-corrected chi connectivity index (χ4v) is 3.28. The van der Waals surface area contributed by atoms with Crippen LogP contribution in [-0.4, -0.2) is 16.7 Å². The van der Waals surface area contributed by atoms with E-state index >= 15 is 0 Å². The zero-order valence-corrected chi connectivity index (χ0v) is 12.6. The van der Waals surface area contributed by atoms with Crippen molar-refractivity contribution >= 4 is 0 Å². The van der Waals surface area contributed by atoms with E-state index in [1.165, 1.54) is 30.4 Å². The van der Waals surface area contributed by atoms with Crippen molar-refractivity contribution in [3.8, 4) is 0 Å². The monoisotopic (exact) mass is 285 g/mol. The van der Waals surface area contributed by atoms with Gasteiger partial charge in [-0.25, -0.2) is 0 Å². The third-order valence-corrected chi connectivity index (χ3v) is 4.62. The molecule has 1 heterocycles. The van der Waals surface area contributed by atoms with Crippen LogP contribution >= 0.6 is 0 Å². The Morgan fingerprint density at radius 1 is 1.24 bits per heavy atom. The quantitative estimate of drug-likeness (QED) is 0.937. The molecule has 0 aliphatic heterocycles. The molecular weight excluding hydrogens is 262 g/mol.